The Bertz CT molecular complexity index is 883. The molecule has 0 aliphatic rings. The highest BCUT2D eigenvalue weighted by Gasteiger charge is 2.26. The Balaban J connectivity index is 1.98. The predicted octanol–water partition coefficient (Wildman–Crippen LogP) is 3.02. The van der Waals surface area contributed by atoms with Gasteiger partial charge in [-0.25, -0.2) is 8.42 Å². The standard InChI is InChI=1S/C17H17F2NO5S/c1-11-3-8-14(15(9-11)24-2)25-10-16(21)20-12-4-6-13(7-5-12)26(22,23)17(18)19/h3-9,17H,10H2,1-2H3,(H,20,21). The number of methoxy groups -OCH3 is 1. The normalized spacial score (nSPS) is 11.3. The lowest BCUT2D eigenvalue weighted by Gasteiger charge is -2.11. The van der Waals surface area contributed by atoms with E-state index in [-0.39, 0.29) is 12.3 Å². The number of carbonyl (C=O) groups excluding carboxylic acids is 1. The molecule has 0 aliphatic heterocycles. The van der Waals surface area contributed by atoms with Crippen molar-refractivity contribution < 1.29 is 31.5 Å². The number of carbonyl (C=O) groups is 1. The second kappa shape index (κ2) is 8.13. The minimum Gasteiger partial charge on any atom is -0.493 e. The maximum Gasteiger partial charge on any atom is 0.341 e. The van der Waals surface area contributed by atoms with E-state index in [2.05, 4.69) is 5.32 Å². The van der Waals surface area contributed by atoms with Crippen molar-refractivity contribution >= 4 is 21.4 Å². The summed E-state index contributed by atoms with van der Waals surface area (Å²) in [6.45, 7) is 1.58. The third-order valence-electron chi connectivity index (χ3n) is 3.38. The summed E-state index contributed by atoms with van der Waals surface area (Å²) in [5.74, 6) is -3.12. The summed E-state index contributed by atoms with van der Waals surface area (Å²) in [5.41, 5.74) is 1.22. The Kier molecular flexibility index (Phi) is 6.14. The summed E-state index contributed by atoms with van der Waals surface area (Å²) in [6.07, 6.45) is 0. The monoisotopic (exact) mass is 385 g/mol. The van der Waals surface area contributed by atoms with Gasteiger partial charge in [-0.1, -0.05) is 6.07 Å². The van der Waals surface area contributed by atoms with Crippen molar-refractivity contribution in [2.24, 2.45) is 0 Å². The summed E-state index contributed by atoms with van der Waals surface area (Å²) < 4.78 is 58.2. The minimum absolute atomic E-state index is 0.252. The molecule has 2 aromatic rings. The van der Waals surface area contributed by atoms with Crippen LogP contribution in [-0.4, -0.2) is 33.8 Å². The van der Waals surface area contributed by atoms with E-state index in [1.54, 1.807) is 18.2 Å². The first kappa shape index (κ1) is 19.6. The summed E-state index contributed by atoms with van der Waals surface area (Å²) in [6, 6.07) is 9.68. The van der Waals surface area contributed by atoms with Gasteiger partial charge in [-0.2, -0.15) is 8.78 Å². The molecule has 0 saturated heterocycles. The first-order valence-electron chi connectivity index (χ1n) is 7.43. The maximum atomic E-state index is 12.5. The summed E-state index contributed by atoms with van der Waals surface area (Å²) in [7, 11) is -3.18. The molecular formula is C17H17F2NO5S. The zero-order valence-corrected chi connectivity index (χ0v) is 14.8. The molecule has 0 saturated carbocycles. The molecule has 0 aromatic heterocycles. The molecule has 1 N–H and O–H groups in total. The number of anilines is 1. The Morgan fingerprint density at radius 3 is 2.35 bits per heavy atom. The average molecular weight is 385 g/mol. The topological polar surface area (TPSA) is 81.7 Å². The molecule has 0 spiro atoms. The lowest BCUT2D eigenvalue weighted by Crippen LogP contribution is -2.20. The van der Waals surface area contributed by atoms with Gasteiger partial charge in [-0.3, -0.25) is 4.79 Å². The number of sulfone groups is 1. The van der Waals surface area contributed by atoms with Crippen LogP contribution in [0.2, 0.25) is 0 Å². The highest BCUT2D eigenvalue weighted by molar-refractivity contribution is 7.91. The third-order valence-corrected chi connectivity index (χ3v) is 4.78. The molecule has 0 fully saturated rings. The van der Waals surface area contributed by atoms with Crippen LogP contribution in [0.4, 0.5) is 14.5 Å². The van der Waals surface area contributed by atoms with Gasteiger partial charge in [0.05, 0.1) is 12.0 Å². The van der Waals surface area contributed by atoms with Crippen LogP contribution in [0.1, 0.15) is 5.56 Å². The van der Waals surface area contributed by atoms with Crippen LogP contribution < -0.4 is 14.8 Å². The number of aryl methyl sites for hydroxylation is 1. The van der Waals surface area contributed by atoms with Crippen LogP contribution in [-0.2, 0) is 14.6 Å². The summed E-state index contributed by atoms with van der Waals surface area (Å²) in [4.78, 5) is 11.4. The quantitative estimate of drug-likeness (QED) is 0.792. The van der Waals surface area contributed by atoms with Crippen LogP contribution in [0.25, 0.3) is 0 Å². The first-order valence-corrected chi connectivity index (χ1v) is 8.98. The van der Waals surface area contributed by atoms with E-state index < -0.39 is 26.4 Å². The number of alkyl halides is 2. The van der Waals surface area contributed by atoms with E-state index in [0.29, 0.717) is 11.5 Å². The molecule has 2 aromatic carbocycles. The molecule has 6 nitrogen and oxygen atoms in total. The number of hydrogen-bond donors (Lipinski definition) is 1. The molecule has 26 heavy (non-hydrogen) atoms. The number of rotatable bonds is 7. The molecule has 0 aliphatic carbocycles. The highest BCUT2D eigenvalue weighted by atomic mass is 32.2. The van der Waals surface area contributed by atoms with Crippen molar-refractivity contribution in [2.75, 3.05) is 19.0 Å². The number of halogens is 2. The van der Waals surface area contributed by atoms with Gasteiger partial charge >= 0.3 is 5.76 Å². The van der Waals surface area contributed by atoms with Crippen LogP contribution in [0.15, 0.2) is 47.4 Å². The fraction of sp³-hybridized carbons (Fsp3) is 0.235. The van der Waals surface area contributed by atoms with Crippen molar-refractivity contribution in [3.8, 4) is 11.5 Å². The van der Waals surface area contributed by atoms with E-state index in [0.717, 1.165) is 17.7 Å². The molecule has 0 bridgehead atoms. The van der Waals surface area contributed by atoms with E-state index >= 15 is 0 Å². The number of ether oxygens (including phenoxy) is 2. The minimum atomic E-state index is -4.66. The Labute approximate surface area is 149 Å². The van der Waals surface area contributed by atoms with Crippen LogP contribution in [0.3, 0.4) is 0 Å². The highest BCUT2D eigenvalue weighted by Crippen LogP contribution is 2.27. The average Bonchev–Trinajstić information content (AvgIpc) is 2.60. The number of benzene rings is 2. The fourth-order valence-electron chi connectivity index (χ4n) is 2.07. The van der Waals surface area contributed by atoms with Crippen molar-refractivity contribution in [1.82, 2.24) is 0 Å². The SMILES string of the molecule is COc1cc(C)ccc1OCC(=O)Nc1ccc(S(=O)(=O)C(F)F)cc1. The molecule has 140 valence electrons. The van der Waals surface area contributed by atoms with Gasteiger partial charge in [0.1, 0.15) is 0 Å². The van der Waals surface area contributed by atoms with Gasteiger partial charge in [0.25, 0.3) is 5.91 Å². The van der Waals surface area contributed by atoms with Gasteiger partial charge in [-0.15, -0.1) is 0 Å². The number of hydrogen-bond acceptors (Lipinski definition) is 5. The molecule has 1 amide bonds. The number of amides is 1. The van der Waals surface area contributed by atoms with Crippen molar-refractivity contribution in [3.05, 3.63) is 48.0 Å². The Morgan fingerprint density at radius 1 is 1.12 bits per heavy atom. The van der Waals surface area contributed by atoms with E-state index in [1.165, 1.54) is 19.2 Å². The molecule has 0 atom stereocenters. The predicted molar refractivity (Wildman–Crippen MR) is 91.5 cm³/mol. The smallest absolute Gasteiger partial charge is 0.341 e. The van der Waals surface area contributed by atoms with E-state index in [4.69, 9.17) is 9.47 Å². The molecule has 0 radical (unpaired) electrons. The first-order chi connectivity index (χ1) is 12.2. The summed E-state index contributed by atoms with van der Waals surface area (Å²) in [5, 5.41) is 2.48. The van der Waals surface area contributed by atoms with Crippen molar-refractivity contribution in [1.29, 1.82) is 0 Å². The lowest BCUT2D eigenvalue weighted by molar-refractivity contribution is -0.118. The molecular weight excluding hydrogens is 368 g/mol. The van der Waals surface area contributed by atoms with Gasteiger partial charge in [0.15, 0.2) is 18.1 Å². The Hall–Kier alpha value is -2.68. The van der Waals surface area contributed by atoms with Crippen LogP contribution in [0.5, 0.6) is 11.5 Å². The Morgan fingerprint density at radius 2 is 1.77 bits per heavy atom. The molecule has 0 unspecified atom stereocenters. The fourth-order valence-corrected chi connectivity index (χ4v) is 2.79. The third kappa shape index (κ3) is 4.69. The van der Waals surface area contributed by atoms with Crippen molar-refractivity contribution in [2.45, 2.75) is 17.6 Å². The van der Waals surface area contributed by atoms with E-state index in [1.807, 2.05) is 6.92 Å². The largest absolute Gasteiger partial charge is 0.493 e. The lowest BCUT2D eigenvalue weighted by atomic mass is 10.2. The molecule has 9 heteroatoms. The van der Waals surface area contributed by atoms with Gasteiger partial charge in [0, 0.05) is 5.69 Å². The van der Waals surface area contributed by atoms with Gasteiger partial charge < -0.3 is 14.8 Å². The number of nitrogens with one attached hydrogen (secondary N) is 1. The van der Waals surface area contributed by atoms with Crippen molar-refractivity contribution in [3.63, 3.8) is 0 Å². The second-order valence-corrected chi connectivity index (χ2v) is 7.24. The van der Waals surface area contributed by atoms with E-state index in [9.17, 15) is 22.0 Å². The second-order valence-electron chi connectivity index (χ2n) is 5.32. The summed E-state index contributed by atoms with van der Waals surface area (Å²) >= 11 is 0. The maximum absolute atomic E-state index is 12.5. The zero-order chi connectivity index (χ0) is 19.3. The molecule has 2 rings (SSSR count). The van der Waals surface area contributed by atoms with Crippen LogP contribution >= 0.6 is 0 Å². The van der Waals surface area contributed by atoms with Gasteiger partial charge in [0.2, 0.25) is 9.84 Å². The molecule has 0 heterocycles. The van der Waals surface area contributed by atoms with Crippen LogP contribution in [0, 0.1) is 6.92 Å². The van der Waals surface area contributed by atoms with Gasteiger partial charge in [-0.05, 0) is 48.9 Å². The zero-order valence-electron chi connectivity index (χ0n) is 14.0.